The molecule has 1 saturated heterocycles. The Bertz CT molecular complexity index is 389. The van der Waals surface area contributed by atoms with Gasteiger partial charge in [0, 0.05) is 13.1 Å². The van der Waals surface area contributed by atoms with Crippen LogP contribution in [0, 0.1) is 5.41 Å². The molecular formula is C11H18F3N3O3. The third-order valence-corrected chi connectivity index (χ3v) is 3.22. The third-order valence-electron chi connectivity index (χ3n) is 3.22. The van der Waals surface area contributed by atoms with Gasteiger partial charge in [-0.3, -0.25) is 9.59 Å². The molecule has 0 radical (unpaired) electrons. The maximum atomic E-state index is 12.2. The fourth-order valence-corrected chi connectivity index (χ4v) is 1.89. The summed E-state index contributed by atoms with van der Waals surface area (Å²) in [6, 6.07) is -0.504. The summed E-state index contributed by atoms with van der Waals surface area (Å²) in [6.45, 7) is 0.0833. The van der Waals surface area contributed by atoms with Gasteiger partial charge in [0.2, 0.25) is 11.8 Å². The lowest BCUT2D eigenvalue weighted by Crippen LogP contribution is -2.52. The van der Waals surface area contributed by atoms with E-state index in [9.17, 15) is 22.8 Å². The van der Waals surface area contributed by atoms with Crippen molar-refractivity contribution in [2.45, 2.75) is 19.1 Å². The van der Waals surface area contributed by atoms with Crippen LogP contribution in [-0.2, 0) is 14.3 Å². The van der Waals surface area contributed by atoms with Crippen molar-refractivity contribution in [1.29, 1.82) is 0 Å². The molecule has 2 atom stereocenters. The number of nitrogens with zero attached hydrogens (tertiary/aromatic N) is 1. The highest BCUT2D eigenvalue weighted by molar-refractivity contribution is 5.88. The van der Waals surface area contributed by atoms with Crippen LogP contribution in [0.3, 0.4) is 0 Å². The van der Waals surface area contributed by atoms with E-state index in [1.165, 1.54) is 7.05 Å². The second-order valence-corrected chi connectivity index (χ2v) is 5.09. The molecule has 116 valence electrons. The topological polar surface area (TPSA) is 84.7 Å². The number of alkyl halides is 3. The zero-order valence-corrected chi connectivity index (χ0v) is 11.3. The molecule has 1 fully saturated rings. The molecule has 1 aliphatic rings. The number of rotatable bonds is 4. The molecule has 2 unspecified atom stereocenters. The SMILES string of the molecule is CN(CC(=O)NCC(F)(F)F)C(=O)C1(C)COCC1N. The van der Waals surface area contributed by atoms with Crippen molar-refractivity contribution >= 4 is 11.8 Å². The van der Waals surface area contributed by atoms with Crippen molar-refractivity contribution < 1.29 is 27.5 Å². The van der Waals surface area contributed by atoms with Crippen LogP contribution in [0.5, 0.6) is 0 Å². The average molecular weight is 297 g/mol. The number of nitrogens with two attached hydrogens (primary N) is 1. The number of likely N-dealkylation sites (N-methyl/N-ethyl adjacent to an activating group) is 1. The summed E-state index contributed by atoms with van der Waals surface area (Å²) in [4.78, 5) is 24.6. The van der Waals surface area contributed by atoms with Gasteiger partial charge in [-0.2, -0.15) is 13.2 Å². The van der Waals surface area contributed by atoms with Gasteiger partial charge in [0.25, 0.3) is 0 Å². The van der Waals surface area contributed by atoms with Gasteiger partial charge >= 0.3 is 6.18 Å². The molecule has 20 heavy (non-hydrogen) atoms. The predicted molar refractivity (Wildman–Crippen MR) is 63.6 cm³/mol. The Morgan fingerprint density at radius 2 is 2.10 bits per heavy atom. The van der Waals surface area contributed by atoms with Gasteiger partial charge in [-0.1, -0.05) is 0 Å². The highest BCUT2D eigenvalue weighted by atomic mass is 19.4. The maximum absolute atomic E-state index is 12.2. The average Bonchev–Trinajstić information content (AvgIpc) is 2.66. The molecule has 2 amide bonds. The lowest BCUT2D eigenvalue weighted by molar-refractivity contribution is -0.146. The lowest BCUT2D eigenvalue weighted by atomic mass is 9.84. The summed E-state index contributed by atoms with van der Waals surface area (Å²) in [7, 11) is 1.34. The first kappa shape index (κ1) is 16.7. The smallest absolute Gasteiger partial charge is 0.379 e. The Morgan fingerprint density at radius 3 is 2.55 bits per heavy atom. The highest BCUT2D eigenvalue weighted by Gasteiger charge is 2.46. The summed E-state index contributed by atoms with van der Waals surface area (Å²) < 4.78 is 40.9. The minimum Gasteiger partial charge on any atom is -0.379 e. The second kappa shape index (κ2) is 5.96. The monoisotopic (exact) mass is 297 g/mol. The quantitative estimate of drug-likeness (QED) is 0.732. The van der Waals surface area contributed by atoms with Gasteiger partial charge in [0.05, 0.1) is 25.2 Å². The van der Waals surface area contributed by atoms with Gasteiger partial charge in [0.15, 0.2) is 0 Å². The largest absolute Gasteiger partial charge is 0.405 e. The van der Waals surface area contributed by atoms with Crippen molar-refractivity contribution in [2.24, 2.45) is 11.1 Å². The van der Waals surface area contributed by atoms with Gasteiger partial charge in [0.1, 0.15) is 6.54 Å². The van der Waals surface area contributed by atoms with Crippen LogP contribution in [0.4, 0.5) is 13.2 Å². The van der Waals surface area contributed by atoms with Crippen molar-refractivity contribution in [3.8, 4) is 0 Å². The van der Waals surface area contributed by atoms with E-state index in [1.807, 2.05) is 0 Å². The fourth-order valence-electron chi connectivity index (χ4n) is 1.89. The van der Waals surface area contributed by atoms with E-state index < -0.39 is 42.5 Å². The molecule has 0 aromatic carbocycles. The van der Waals surface area contributed by atoms with Gasteiger partial charge in [-0.15, -0.1) is 0 Å². The number of hydrogen-bond donors (Lipinski definition) is 2. The number of ether oxygens (including phenoxy) is 1. The molecular weight excluding hydrogens is 279 g/mol. The van der Waals surface area contributed by atoms with Gasteiger partial charge < -0.3 is 20.7 Å². The van der Waals surface area contributed by atoms with Crippen LogP contribution in [0.25, 0.3) is 0 Å². The molecule has 0 aromatic heterocycles. The molecule has 3 N–H and O–H groups in total. The first-order valence-corrected chi connectivity index (χ1v) is 5.98. The molecule has 0 saturated carbocycles. The van der Waals surface area contributed by atoms with E-state index in [4.69, 9.17) is 10.5 Å². The predicted octanol–water partition coefficient (Wildman–Crippen LogP) is -0.513. The van der Waals surface area contributed by atoms with Crippen molar-refractivity contribution in [3.63, 3.8) is 0 Å². The van der Waals surface area contributed by atoms with E-state index in [2.05, 4.69) is 0 Å². The molecule has 1 rings (SSSR count). The summed E-state index contributed by atoms with van der Waals surface area (Å²) in [5, 5.41) is 1.70. The van der Waals surface area contributed by atoms with Crippen LogP contribution in [0.1, 0.15) is 6.92 Å². The first-order chi connectivity index (χ1) is 9.06. The van der Waals surface area contributed by atoms with Crippen molar-refractivity contribution in [2.75, 3.05) is 33.4 Å². The molecule has 0 aliphatic carbocycles. The minimum atomic E-state index is -4.48. The van der Waals surface area contributed by atoms with E-state index in [-0.39, 0.29) is 13.2 Å². The van der Waals surface area contributed by atoms with Crippen molar-refractivity contribution in [3.05, 3.63) is 0 Å². The van der Waals surface area contributed by atoms with Gasteiger partial charge in [-0.25, -0.2) is 0 Å². The van der Waals surface area contributed by atoms with Crippen LogP contribution in [0.2, 0.25) is 0 Å². The highest BCUT2D eigenvalue weighted by Crippen LogP contribution is 2.28. The summed E-state index contributed by atoms with van der Waals surface area (Å²) >= 11 is 0. The van der Waals surface area contributed by atoms with Crippen LogP contribution in [-0.4, -0.2) is 62.3 Å². The summed E-state index contributed by atoms with van der Waals surface area (Å²) in [5.41, 5.74) is 4.82. The number of carbonyl (C=O) groups is 2. The number of carbonyl (C=O) groups excluding carboxylic acids is 2. The number of halogens is 3. The molecule has 1 heterocycles. The van der Waals surface area contributed by atoms with Crippen LogP contribution >= 0.6 is 0 Å². The Hall–Kier alpha value is -1.35. The molecule has 0 spiro atoms. The second-order valence-electron chi connectivity index (χ2n) is 5.09. The Kier molecular flexibility index (Phi) is 4.98. The summed E-state index contributed by atoms with van der Waals surface area (Å²) in [6.07, 6.45) is -4.48. The molecule has 0 aromatic rings. The summed E-state index contributed by atoms with van der Waals surface area (Å²) in [5.74, 6) is -1.31. The molecule has 9 heteroatoms. The van der Waals surface area contributed by atoms with Crippen LogP contribution in [0.15, 0.2) is 0 Å². The molecule has 1 aliphatic heterocycles. The number of nitrogens with one attached hydrogen (secondary N) is 1. The maximum Gasteiger partial charge on any atom is 0.405 e. The first-order valence-electron chi connectivity index (χ1n) is 5.98. The Labute approximate surface area is 114 Å². The van der Waals surface area contributed by atoms with Crippen molar-refractivity contribution in [1.82, 2.24) is 10.2 Å². The third kappa shape index (κ3) is 4.07. The van der Waals surface area contributed by atoms with E-state index in [0.717, 1.165) is 4.90 Å². The fraction of sp³-hybridized carbons (Fsp3) is 0.818. The standard InChI is InChI=1S/C11H18F3N3O3/c1-10(6-20-4-7(10)15)9(19)17(2)3-8(18)16-5-11(12,13)14/h7H,3-6,15H2,1-2H3,(H,16,18). The van der Waals surface area contributed by atoms with Crippen LogP contribution < -0.4 is 11.1 Å². The Morgan fingerprint density at radius 1 is 1.50 bits per heavy atom. The molecule has 6 nitrogen and oxygen atoms in total. The zero-order valence-electron chi connectivity index (χ0n) is 11.3. The normalized spacial score (nSPS) is 26.4. The van der Waals surface area contributed by atoms with E-state index >= 15 is 0 Å². The zero-order chi connectivity index (χ0) is 15.6. The minimum absolute atomic E-state index is 0.126. The number of hydrogen-bond acceptors (Lipinski definition) is 4. The molecule has 0 bridgehead atoms. The van der Waals surface area contributed by atoms with E-state index in [1.54, 1.807) is 12.2 Å². The number of amides is 2. The van der Waals surface area contributed by atoms with E-state index in [0.29, 0.717) is 0 Å². The lowest BCUT2D eigenvalue weighted by Gasteiger charge is -2.30. The van der Waals surface area contributed by atoms with Gasteiger partial charge in [-0.05, 0) is 6.92 Å². The Balaban J connectivity index is 2.52.